The minimum atomic E-state index is -1.51. The van der Waals surface area contributed by atoms with E-state index in [1.807, 2.05) is 75.4 Å². The van der Waals surface area contributed by atoms with Crippen LogP contribution < -0.4 is 4.90 Å². The summed E-state index contributed by atoms with van der Waals surface area (Å²) in [5.41, 5.74) is 1.35. The number of anilines is 1. The monoisotopic (exact) mass is 555 g/mol. The van der Waals surface area contributed by atoms with Gasteiger partial charge in [0.1, 0.15) is 5.54 Å². The maximum absolute atomic E-state index is 14.6. The van der Waals surface area contributed by atoms with Crippen molar-refractivity contribution < 1.29 is 19.2 Å². The van der Waals surface area contributed by atoms with E-state index in [0.29, 0.717) is 10.7 Å². The Morgan fingerprint density at radius 3 is 2.27 bits per heavy atom. The van der Waals surface area contributed by atoms with Gasteiger partial charge in [-0.2, -0.15) is 0 Å². The van der Waals surface area contributed by atoms with E-state index in [9.17, 15) is 19.2 Å². The van der Waals surface area contributed by atoms with Crippen LogP contribution in [-0.4, -0.2) is 39.1 Å². The number of aryl methyl sites for hydroxylation is 1. The number of nitrogens with zero attached hydrogens (tertiary/aromatic N) is 3. The van der Waals surface area contributed by atoms with Crippen LogP contribution in [0.3, 0.4) is 0 Å². The minimum absolute atomic E-state index is 0.0402. The van der Waals surface area contributed by atoms with Gasteiger partial charge in [-0.05, 0) is 48.6 Å². The molecule has 3 fully saturated rings. The van der Waals surface area contributed by atoms with Crippen LogP contribution >= 0.6 is 11.6 Å². The first-order valence-electron chi connectivity index (χ1n) is 13.5. The molecule has 0 saturated carbocycles. The van der Waals surface area contributed by atoms with Gasteiger partial charge in [-0.25, -0.2) is 9.69 Å². The fourth-order valence-electron chi connectivity index (χ4n) is 6.95. The van der Waals surface area contributed by atoms with Crippen molar-refractivity contribution >= 4 is 41.0 Å². The van der Waals surface area contributed by atoms with E-state index in [1.165, 1.54) is 4.90 Å². The van der Waals surface area contributed by atoms with Gasteiger partial charge in [0, 0.05) is 5.02 Å². The van der Waals surface area contributed by atoms with Gasteiger partial charge >= 0.3 is 6.03 Å². The Morgan fingerprint density at radius 1 is 0.875 bits per heavy atom. The molecule has 3 aliphatic rings. The molecule has 3 aromatic carbocycles. The van der Waals surface area contributed by atoms with Crippen LogP contribution in [0.15, 0.2) is 78.9 Å². The number of fused-ring (bicyclic) bond motifs is 3. The first kappa shape index (κ1) is 26.3. The number of hydrogen-bond donors (Lipinski definition) is 0. The van der Waals surface area contributed by atoms with Crippen LogP contribution in [0.2, 0.25) is 5.02 Å². The largest absolute Gasteiger partial charge is 0.332 e. The molecule has 7 nitrogen and oxygen atoms in total. The zero-order valence-electron chi connectivity index (χ0n) is 22.6. The second kappa shape index (κ2) is 9.59. The summed E-state index contributed by atoms with van der Waals surface area (Å²) in [6.45, 7) is 5.98. The fourth-order valence-corrected chi connectivity index (χ4v) is 7.14. The summed E-state index contributed by atoms with van der Waals surface area (Å²) in [7, 11) is 0. The third-order valence-corrected chi connectivity index (χ3v) is 8.56. The average molecular weight is 556 g/mol. The summed E-state index contributed by atoms with van der Waals surface area (Å²) in [6.07, 6.45) is 0.246. The van der Waals surface area contributed by atoms with Gasteiger partial charge in [-0.15, -0.1) is 0 Å². The Balaban J connectivity index is 1.55. The molecule has 3 heterocycles. The third-order valence-electron chi connectivity index (χ3n) is 8.33. The van der Waals surface area contributed by atoms with Crippen LogP contribution in [0, 0.1) is 24.7 Å². The number of imide groups is 2. The summed E-state index contributed by atoms with van der Waals surface area (Å²) < 4.78 is 0. The Kier molecular flexibility index (Phi) is 6.30. The maximum atomic E-state index is 14.6. The van der Waals surface area contributed by atoms with Crippen molar-refractivity contribution in [1.29, 1.82) is 0 Å². The van der Waals surface area contributed by atoms with Crippen molar-refractivity contribution in [1.82, 2.24) is 9.80 Å². The molecule has 204 valence electrons. The van der Waals surface area contributed by atoms with Crippen molar-refractivity contribution in [2.75, 3.05) is 4.90 Å². The number of hydrogen-bond acceptors (Lipinski definition) is 4. The molecule has 4 atom stereocenters. The number of urea groups is 1. The van der Waals surface area contributed by atoms with Crippen molar-refractivity contribution in [3.63, 3.8) is 0 Å². The second-order valence-corrected chi connectivity index (χ2v) is 11.8. The summed E-state index contributed by atoms with van der Waals surface area (Å²) in [5.74, 6) is -3.15. The summed E-state index contributed by atoms with van der Waals surface area (Å²) >= 11 is 6.26. The Bertz CT molecular complexity index is 1540. The lowest BCUT2D eigenvalue weighted by Crippen LogP contribution is -2.54. The van der Waals surface area contributed by atoms with Gasteiger partial charge in [0.15, 0.2) is 0 Å². The molecule has 0 bridgehead atoms. The number of halogens is 1. The molecule has 5 amide bonds. The Labute approximate surface area is 238 Å². The first-order valence-corrected chi connectivity index (χ1v) is 13.9. The van der Waals surface area contributed by atoms with Crippen molar-refractivity contribution in [3.8, 4) is 0 Å². The zero-order chi connectivity index (χ0) is 28.3. The standard InChI is InChI=1S/C32H30ClN3O4/c1-19(2)17-32-26-25(28(37)34(29(26)38)18-21-10-5-4-6-11-21)27(22-12-7-9-20(3)15-22)36(32)31(40)35(30(32)39)24-14-8-13-23(33)16-24/h4-16,19,25-27H,17-18H2,1-3H3/t25?,26?,27?,32-/m1/s1. The highest BCUT2D eigenvalue weighted by Gasteiger charge is 2.77. The lowest BCUT2D eigenvalue weighted by Gasteiger charge is -2.36. The number of benzene rings is 3. The molecule has 0 spiro atoms. The average Bonchev–Trinajstić information content (AvgIpc) is 3.43. The Morgan fingerprint density at radius 2 is 1.60 bits per heavy atom. The summed E-state index contributed by atoms with van der Waals surface area (Å²) in [6, 6.07) is 22.2. The van der Waals surface area contributed by atoms with Gasteiger partial charge < -0.3 is 4.90 Å². The van der Waals surface area contributed by atoms with Gasteiger partial charge in [0.05, 0.1) is 30.1 Å². The molecule has 8 heteroatoms. The number of likely N-dealkylation sites (tertiary alicyclic amines) is 1. The number of carbonyl (C=O) groups is 4. The SMILES string of the molecule is Cc1cccc(C2C3C(=O)N(Cc4ccccc4)C(=O)C3[C@]3(CC(C)C)C(=O)N(c4cccc(Cl)c4)C(=O)N23)c1. The maximum Gasteiger partial charge on any atom is 0.332 e. The molecular formula is C32H30ClN3O4. The smallest absolute Gasteiger partial charge is 0.300 e. The van der Waals surface area contributed by atoms with Gasteiger partial charge in [0.25, 0.3) is 5.91 Å². The van der Waals surface area contributed by atoms with E-state index in [-0.39, 0.29) is 24.8 Å². The van der Waals surface area contributed by atoms with Crippen LogP contribution in [0.1, 0.15) is 43.0 Å². The van der Waals surface area contributed by atoms with Crippen LogP contribution in [0.25, 0.3) is 0 Å². The number of rotatable bonds is 6. The molecule has 0 aliphatic carbocycles. The second-order valence-electron chi connectivity index (χ2n) is 11.4. The highest BCUT2D eigenvalue weighted by molar-refractivity contribution is 6.32. The quantitative estimate of drug-likeness (QED) is 0.286. The lowest BCUT2D eigenvalue weighted by atomic mass is 9.74. The molecule has 3 aliphatic heterocycles. The fraction of sp³-hybridized carbons (Fsp3) is 0.312. The third kappa shape index (κ3) is 3.79. The van der Waals surface area contributed by atoms with E-state index < -0.39 is 41.3 Å². The normalized spacial score (nSPS) is 25.8. The summed E-state index contributed by atoms with van der Waals surface area (Å²) in [5, 5.41) is 0.386. The van der Waals surface area contributed by atoms with Crippen molar-refractivity contribution in [2.24, 2.45) is 17.8 Å². The van der Waals surface area contributed by atoms with E-state index >= 15 is 0 Å². The van der Waals surface area contributed by atoms with Crippen LogP contribution in [0.5, 0.6) is 0 Å². The zero-order valence-corrected chi connectivity index (χ0v) is 23.3. The van der Waals surface area contributed by atoms with Gasteiger partial charge in [0.2, 0.25) is 11.8 Å². The van der Waals surface area contributed by atoms with E-state index in [0.717, 1.165) is 21.6 Å². The molecule has 40 heavy (non-hydrogen) atoms. The van der Waals surface area contributed by atoms with Crippen molar-refractivity contribution in [3.05, 3.63) is 101 Å². The first-order chi connectivity index (χ1) is 19.1. The topological polar surface area (TPSA) is 78.0 Å². The predicted octanol–water partition coefficient (Wildman–Crippen LogP) is 5.76. The summed E-state index contributed by atoms with van der Waals surface area (Å²) in [4.78, 5) is 61.4. The lowest BCUT2D eigenvalue weighted by molar-refractivity contribution is -0.145. The van der Waals surface area contributed by atoms with E-state index in [1.54, 1.807) is 29.2 Å². The molecule has 3 saturated heterocycles. The highest BCUT2D eigenvalue weighted by atomic mass is 35.5. The van der Waals surface area contributed by atoms with Crippen LogP contribution in [0.4, 0.5) is 10.5 Å². The van der Waals surface area contributed by atoms with Crippen LogP contribution in [-0.2, 0) is 20.9 Å². The van der Waals surface area contributed by atoms with Crippen molar-refractivity contribution in [2.45, 2.75) is 45.3 Å². The molecule has 0 N–H and O–H groups in total. The molecule has 3 aromatic rings. The highest BCUT2D eigenvalue weighted by Crippen LogP contribution is 2.60. The predicted molar refractivity (Wildman–Crippen MR) is 151 cm³/mol. The number of amides is 5. The molecular weight excluding hydrogens is 526 g/mol. The molecule has 6 rings (SSSR count). The van der Waals surface area contributed by atoms with E-state index in [4.69, 9.17) is 11.6 Å². The molecule has 3 unspecified atom stereocenters. The molecule has 0 radical (unpaired) electrons. The minimum Gasteiger partial charge on any atom is -0.300 e. The number of carbonyl (C=O) groups excluding carboxylic acids is 4. The Hall–Kier alpha value is -3.97. The van der Waals surface area contributed by atoms with Gasteiger partial charge in [-0.1, -0.05) is 91.7 Å². The van der Waals surface area contributed by atoms with E-state index in [2.05, 4.69) is 0 Å². The van der Waals surface area contributed by atoms with Gasteiger partial charge in [-0.3, -0.25) is 19.3 Å². The molecule has 0 aromatic heterocycles.